The van der Waals surface area contributed by atoms with E-state index in [1.54, 1.807) is 25.6 Å². The van der Waals surface area contributed by atoms with E-state index >= 15 is 0 Å². The Hall–Kier alpha value is -3.80. The molecular formula is C22H19N3O3. The first kappa shape index (κ1) is 17.6. The number of rotatable bonds is 6. The number of aromatic nitrogens is 2. The summed E-state index contributed by atoms with van der Waals surface area (Å²) in [7, 11) is 1.56. The Labute approximate surface area is 162 Å². The van der Waals surface area contributed by atoms with Crippen molar-refractivity contribution in [3.8, 4) is 17.2 Å². The van der Waals surface area contributed by atoms with Crippen molar-refractivity contribution in [2.75, 3.05) is 19.0 Å². The number of carbonyl (C=O) groups is 1. The van der Waals surface area contributed by atoms with Crippen molar-refractivity contribution < 1.29 is 14.3 Å². The highest BCUT2D eigenvalue weighted by molar-refractivity contribution is 5.92. The van der Waals surface area contributed by atoms with Crippen LogP contribution in [0, 0.1) is 0 Å². The molecule has 1 N–H and O–H groups in total. The maximum Gasteiger partial charge on any atom is 0.262 e. The molecule has 0 spiro atoms. The van der Waals surface area contributed by atoms with Crippen LogP contribution in [0.5, 0.6) is 11.5 Å². The van der Waals surface area contributed by atoms with Gasteiger partial charge in [0.05, 0.1) is 18.1 Å². The minimum atomic E-state index is -0.244. The Kier molecular flexibility index (Phi) is 4.93. The first-order chi connectivity index (χ1) is 13.7. The van der Waals surface area contributed by atoms with Gasteiger partial charge in [-0.1, -0.05) is 24.3 Å². The second-order valence-electron chi connectivity index (χ2n) is 6.14. The molecule has 1 aromatic heterocycles. The largest absolute Gasteiger partial charge is 0.493 e. The molecule has 4 aromatic rings. The van der Waals surface area contributed by atoms with Gasteiger partial charge in [-0.2, -0.15) is 0 Å². The summed E-state index contributed by atoms with van der Waals surface area (Å²) < 4.78 is 12.8. The zero-order chi connectivity index (χ0) is 19.3. The number of methoxy groups -OCH3 is 1. The Bertz CT molecular complexity index is 1100. The number of ether oxygens (including phenoxy) is 2. The van der Waals surface area contributed by atoms with Gasteiger partial charge >= 0.3 is 0 Å². The van der Waals surface area contributed by atoms with Crippen LogP contribution in [-0.2, 0) is 4.79 Å². The molecule has 0 radical (unpaired) electrons. The summed E-state index contributed by atoms with van der Waals surface area (Å²) in [5.74, 6) is 0.876. The lowest BCUT2D eigenvalue weighted by Gasteiger charge is -2.11. The maximum atomic E-state index is 12.2. The first-order valence-electron chi connectivity index (χ1n) is 8.83. The number of amides is 1. The average molecular weight is 373 g/mol. The molecule has 4 rings (SSSR count). The van der Waals surface area contributed by atoms with Crippen LogP contribution in [0.15, 0.2) is 79.1 Å². The Morgan fingerprint density at radius 2 is 1.68 bits per heavy atom. The second kappa shape index (κ2) is 7.84. The van der Waals surface area contributed by atoms with E-state index in [-0.39, 0.29) is 12.5 Å². The summed E-state index contributed by atoms with van der Waals surface area (Å²) in [6.45, 7) is -0.103. The first-order valence-corrected chi connectivity index (χ1v) is 8.83. The van der Waals surface area contributed by atoms with E-state index in [2.05, 4.69) is 10.3 Å². The van der Waals surface area contributed by atoms with Gasteiger partial charge in [0.25, 0.3) is 5.91 Å². The SMILES string of the molecule is COc1ccccc1OCC(=O)Nc1ccc(-n2cnc3ccccc32)cc1. The van der Waals surface area contributed by atoms with Crippen molar-refractivity contribution in [2.24, 2.45) is 0 Å². The molecule has 6 nitrogen and oxygen atoms in total. The lowest BCUT2D eigenvalue weighted by Crippen LogP contribution is -2.20. The minimum absolute atomic E-state index is 0.103. The number of fused-ring (bicyclic) bond motifs is 1. The molecule has 0 aliphatic rings. The molecule has 0 saturated carbocycles. The highest BCUT2D eigenvalue weighted by atomic mass is 16.5. The molecule has 1 heterocycles. The lowest BCUT2D eigenvalue weighted by molar-refractivity contribution is -0.118. The molecule has 0 bridgehead atoms. The quantitative estimate of drug-likeness (QED) is 0.554. The van der Waals surface area contributed by atoms with Crippen LogP contribution in [0.1, 0.15) is 0 Å². The third-order valence-electron chi connectivity index (χ3n) is 4.31. The minimum Gasteiger partial charge on any atom is -0.493 e. The highest BCUT2D eigenvalue weighted by Crippen LogP contribution is 2.25. The molecule has 0 fully saturated rings. The van der Waals surface area contributed by atoms with Gasteiger partial charge < -0.3 is 14.8 Å². The number of benzene rings is 3. The number of anilines is 1. The van der Waals surface area contributed by atoms with Gasteiger partial charge in [-0.25, -0.2) is 4.98 Å². The van der Waals surface area contributed by atoms with Gasteiger partial charge in [0.15, 0.2) is 18.1 Å². The second-order valence-corrected chi connectivity index (χ2v) is 6.14. The molecule has 6 heteroatoms. The monoisotopic (exact) mass is 373 g/mol. The Morgan fingerprint density at radius 1 is 0.964 bits per heavy atom. The summed E-state index contributed by atoms with van der Waals surface area (Å²) >= 11 is 0. The van der Waals surface area contributed by atoms with E-state index in [1.165, 1.54) is 0 Å². The van der Waals surface area contributed by atoms with Crippen LogP contribution < -0.4 is 14.8 Å². The predicted octanol–water partition coefficient (Wildman–Crippen LogP) is 4.05. The highest BCUT2D eigenvalue weighted by Gasteiger charge is 2.08. The topological polar surface area (TPSA) is 65.4 Å². The van der Waals surface area contributed by atoms with Crippen LogP contribution in [0.2, 0.25) is 0 Å². The van der Waals surface area contributed by atoms with Crippen LogP contribution in [0.25, 0.3) is 16.7 Å². The average Bonchev–Trinajstić information content (AvgIpc) is 3.17. The van der Waals surface area contributed by atoms with E-state index < -0.39 is 0 Å². The summed E-state index contributed by atoms with van der Waals surface area (Å²) in [5, 5.41) is 2.83. The molecule has 28 heavy (non-hydrogen) atoms. The van der Waals surface area contributed by atoms with Crippen molar-refractivity contribution in [2.45, 2.75) is 0 Å². The Morgan fingerprint density at radius 3 is 2.46 bits per heavy atom. The van der Waals surface area contributed by atoms with Crippen LogP contribution in [0.4, 0.5) is 5.69 Å². The third kappa shape index (κ3) is 3.66. The van der Waals surface area contributed by atoms with E-state index in [0.717, 1.165) is 16.7 Å². The van der Waals surface area contributed by atoms with Gasteiger partial charge in [-0.05, 0) is 48.5 Å². The number of hydrogen-bond acceptors (Lipinski definition) is 4. The number of carbonyl (C=O) groups excluding carboxylic acids is 1. The number of para-hydroxylation sites is 4. The molecule has 0 aliphatic carbocycles. The summed E-state index contributed by atoms with van der Waals surface area (Å²) in [6, 6.07) is 22.7. The zero-order valence-corrected chi connectivity index (χ0v) is 15.3. The van der Waals surface area contributed by atoms with E-state index in [9.17, 15) is 4.79 Å². The number of hydrogen-bond donors (Lipinski definition) is 1. The number of nitrogens with one attached hydrogen (secondary N) is 1. The van der Waals surface area contributed by atoms with E-state index in [1.807, 2.05) is 65.2 Å². The molecule has 0 atom stereocenters. The van der Waals surface area contributed by atoms with E-state index in [4.69, 9.17) is 9.47 Å². The van der Waals surface area contributed by atoms with Crippen LogP contribution >= 0.6 is 0 Å². The van der Waals surface area contributed by atoms with Crippen molar-refractivity contribution in [3.63, 3.8) is 0 Å². The summed E-state index contributed by atoms with van der Waals surface area (Å²) in [6.07, 6.45) is 1.79. The summed E-state index contributed by atoms with van der Waals surface area (Å²) in [5.41, 5.74) is 3.64. The van der Waals surface area contributed by atoms with Crippen LogP contribution in [-0.4, -0.2) is 29.2 Å². The van der Waals surface area contributed by atoms with Gasteiger partial charge in [0.2, 0.25) is 0 Å². The molecule has 0 unspecified atom stereocenters. The fourth-order valence-corrected chi connectivity index (χ4v) is 2.95. The number of nitrogens with zero attached hydrogens (tertiary/aromatic N) is 2. The van der Waals surface area contributed by atoms with Crippen LogP contribution in [0.3, 0.4) is 0 Å². The van der Waals surface area contributed by atoms with Crippen molar-refractivity contribution in [1.29, 1.82) is 0 Å². The summed E-state index contributed by atoms with van der Waals surface area (Å²) in [4.78, 5) is 16.6. The molecule has 0 saturated heterocycles. The standard InChI is InChI=1S/C22H19N3O3/c1-27-20-8-4-5-9-21(20)28-14-22(26)24-16-10-12-17(13-11-16)25-15-23-18-6-2-3-7-19(18)25/h2-13,15H,14H2,1H3,(H,24,26). The zero-order valence-electron chi connectivity index (χ0n) is 15.3. The van der Waals surface area contributed by atoms with Gasteiger partial charge in [0, 0.05) is 11.4 Å². The normalized spacial score (nSPS) is 10.6. The van der Waals surface area contributed by atoms with Gasteiger partial charge in [-0.3, -0.25) is 9.36 Å². The molecule has 140 valence electrons. The molecule has 3 aromatic carbocycles. The lowest BCUT2D eigenvalue weighted by atomic mass is 10.2. The third-order valence-corrected chi connectivity index (χ3v) is 4.31. The van der Waals surface area contributed by atoms with Crippen molar-refractivity contribution in [1.82, 2.24) is 9.55 Å². The fourth-order valence-electron chi connectivity index (χ4n) is 2.95. The molecule has 1 amide bonds. The van der Waals surface area contributed by atoms with Crippen molar-refractivity contribution >= 4 is 22.6 Å². The van der Waals surface area contributed by atoms with E-state index in [0.29, 0.717) is 17.2 Å². The van der Waals surface area contributed by atoms with Gasteiger partial charge in [-0.15, -0.1) is 0 Å². The molecule has 0 aliphatic heterocycles. The fraction of sp³-hybridized carbons (Fsp3) is 0.0909. The molecular weight excluding hydrogens is 354 g/mol. The van der Waals surface area contributed by atoms with Gasteiger partial charge in [0.1, 0.15) is 6.33 Å². The van der Waals surface area contributed by atoms with Crippen molar-refractivity contribution in [3.05, 3.63) is 79.1 Å². The predicted molar refractivity (Wildman–Crippen MR) is 108 cm³/mol. The smallest absolute Gasteiger partial charge is 0.262 e. The Balaban J connectivity index is 1.41. The number of imidazole rings is 1. The maximum absolute atomic E-state index is 12.2.